The molecule has 1 heterocycles. The quantitative estimate of drug-likeness (QED) is 0.701. The molecule has 0 unspecified atom stereocenters. The first-order chi connectivity index (χ1) is 15.0. The van der Waals surface area contributed by atoms with Crippen molar-refractivity contribution in [3.8, 4) is 11.5 Å². The number of aliphatic hydroxyl groups is 1. The van der Waals surface area contributed by atoms with Gasteiger partial charge in [-0.1, -0.05) is 23.7 Å². The maximum Gasteiger partial charge on any atom is 0.221 e. The van der Waals surface area contributed by atoms with Gasteiger partial charge in [-0.15, -0.1) is 0 Å². The normalized spacial score (nSPS) is 24.7. The third-order valence-corrected chi connectivity index (χ3v) is 6.31. The van der Waals surface area contributed by atoms with E-state index in [0.29, 0.717) is 16.5 Å². The van der Waals surface area contributed by atoms with E-state index in [1.807, 2.05) is 42.5 Å². The molecule has 0 radical (unpaired) electrons. The Morgan fingerprint density at radius 3 is 2.45 bits per heavy atom. The van der Waals surface area contributed by atoms with Gasteiger partial charge < -0.3 is 19.9 Å². The number of halogens is 1. The van der Waals surface area contributed by atoms with E-state index in [1.54, 1.807) is 6.07 Å². The van der Waals surface area contributed by atoms with E-state index in [4.69, 9.17) is 21.1 Å². The summed E-state index contributed by atoms with van der Waals surface area (Å²) in [6.07, 6.45) is 2.82. The van der Waals surface area contributed by atoms with Crippen LogP contribution in [-0.2, 0) is 4.79 Å². The molecule has 1 saturated carbocycles. The summed E-state index contributed by atoms with van der Waals surface area (Å²) in [6, 6.07) is 14.9. The number of hydrogen-bond acceptors (Lipinski definition) is 5. The van der Waals surface area contributed by atoms with Gasteiger partial charge in [0.05, 0.1) is 5.69 Å². The predicted octanol–water partition coefficient (Wildman–Crippen LogP) is 4.11. The second kappa shape index (κ2) is 9.90. The Morgan fingerprint density at radius 2 is 1.74 bits per heavy atom. The van der Waals surface area contributed by atoms with Crippen LogP contribution in [0, 0.1) is 0 Å². The molecular formula is C24H29ClN2O4. The highest BCUT2D eigenvalue weighted by atomic mass is 35.5. The highest BCUT2D eigenvalue weighted by Gasteiger charge is 2.41. The van der Waals surface area contributed by atoms with Crippen molar-refractivity contribution in [1.29, 1.82) is 0 Å². The van der Waals surface area contributed by atoms with E-state index in [0.717, 1.165) is 44.5 Å². The van der Waals surface area contributed by atoms with Crippen molar-refractivity contribution in [2.75, 3.05) is 18.4 Å². The fraction of sp³-hybridized carbons (Fsp3) is 0.458. The third-order valence-electron chi connectivity index (χ3n) is 6.06. The number of benzene rings is 2. The van der Waals surface area contributed by atoms with E-state index in [2.05, 4.69) is 10.2 Å². The summed E-state index contributed by atoms with van der Waals surface area (Å²) < 4.78 is 12.2. The summed E-state index contributed by atoms with van der Waals surface area (Å²) in [4.78, 5) is 13.8. The minimum Gasteiger partial charge on any atom is -0.490 e. The Kier molecular flexibility index (Phi) is 7.00. The number of amides is 1. The first-order valence-corrected chi connectivity index (χ1v) is 11.2. The maximum atomic E-state index is 11.4. The number of anilines is 1. The zero-order valence-corrected chi connectivity index (χ0v) is 18.4. The molecule has 2 aliphatic rings. The minimum absolute atomic E-state index is 0.0782. The van der Waals surface area contributed by atoms with Crippen molar-refractivity contribution in [3.05, 3.63) is 53.6 Å². The molecule has 0 aromatic heterocycles. The zero-order chi connectivity index (χ0) is 21.8. The summed E-state index contributed by atoms with van der Waals surface area (Å²) in [5, 5.41) is 14.5. The van der Waals surface area contributed by atoms with Crippen molar-refractivity contribution >= 4 is 23.2 Å². The minimum atomic E-state index is -0.570. The first-order valence-electron chi connectivity index (χ1n) is 10.9. The second-order valence-electron chi connectivity index (χ2n) is 8.28. The summed E-state index contributed by atoms with van der Waals surface area (Å²) in [7, 11) is 0. The van der Waals surface area contributed by atoms with E-state index in [9.17, 15) is 9.90 Å². The summed E-state index contributed by atoms with van der Waals surface area (Å²) >= 11 is 5.94. The number of rotatable bonds is 6. The highest BCUT2D eigenvalue weighted by Crippen LogP contribution is 2.33. The number of ether oxygens (including phenoxy) is 2. The van der Waals surface area contributed by atoms with Crippen LogP contribution in [0.3, 0.4) is 0 Å². The number of nitrogens with zero attached hydrogens (tertiary/aromatic N) is 1. The number of carbonyl (C=O) groups is 1. The average molecular weight is 445 g/mol. The van der Waals surface area contributed by atoms with Gasteiger partial charge in [0, 0.05) is 31.1 Å². The Hall–Kier alpha value is -2.28. The molecule has 1 aliphatic heterocycles. The standard InChI is InChI=1S/C24H29ClN2O4/c1-16(28)26-20-4-2-3-5-22(20)31-23-11-10-21(24(23)29)27-14-12-19(13-15-27)30-18-8-6-17(25)7-9-18/h2-9,19,21,23-24,29H,10-15H2,1H3,(H,26,28)/t21-,23+,24-/m0/s1. The highest BCUT2D eigenvalue weighted by molar-refractivity contribution is 6.30. The zero-order valence-electron chi connectivity index (χ0n) is 17.7. The van der Waals surface area contributed by atoms with Crippen LogP contribution in [0.5, 0.6) is 11.5 Å². The number of nitrogens with one attached hydrogen (secondary N) is 1. The number of para-hydroxylation sites is 2. The number of aliphatic hydroxyl groups excluding tert-OH is 1. The predicted molar refractivity (Wildman–Crippen MR) is 121 cm³/mol. The number of hydrogen-bond donors (Lipinski definition) is 2. The van der Waals surface area contributed by atoms with Crippen LogP contribution in [0.2, 0.25) is 5.02 Å². The molecule has 2 aromatic carbocycles. The lowest BCUT2D eigenvalue weighted by atomic mass is 10.0. The smallest absolute Gasteiger partial charge is 0.221 e. The molecule has 0 spiro atoms. The molecule has 2 N–H and O–H groups in total. The van der Waals surface area contributed by atoms with Crippen LogP contribution in [0.4, 0.5) is 5.69 Å². The summed E-state index contributed by atoms with van der Waals surface area (Å²) in [6.45, 7) is 3.24. The Bertz CT molecular complexity index is 883. The molecule has 4 rings (SSSR count). The van der Waals surface area contributed by atoms with Crippen molar-refractivity contribution < 1.29 is 19.4 Å². The van der Waals surface area contributed by atoms with Gasteiger partial charge in [0.25, 0.3) is 0 Å². The SMILES string of the molecule is CC(=O)Nc1ccccc1O[C@@H]1CC[C@H](N2CCC(Oc3ccc(Cl)cc3)CC2)[C@@H]1O. The maximum absolute atomic E-state index is 11.4. The van der Waals surface area contributed by atoms with Crippen LogP contribution in [0.1, 0.15) is 32.6 Å². The average Bonchev–Trinajstić information content (AvgIpc) is 3.11. The molecule has 1 saturated heterocycles. The molecule has 1 amide bonds. The summed E-state index contributed by atoms with van der Waals surface area (Å²) in [5.41, 5.74) is 0.630. The van der Waals surface area contributed by atoms with Gasteiger partial charge in [0.1, 0.15) is 29.8 Å². The van der Waals surface area contributed by atoms with Crippen molar-refractivity contribution in [1.82, 2.24) is 4.90 Å². The Morgan fingerprint density at radius 1 is 1.03 bits per heavy atom. The molecule has 31 heavy (non-hydrogen) atoms. The van der Waals surface area contributed by atoms with Crippen LogP contribution in [-0.4, -0.2) is 53.4 Å². The Balaban J connectivity index is 1.30. The van der Waals surface area contributed by atoms with Gasteiger partial charge in [-0.3, -0.25) is 9.69 Å². The van der Waals surface area contributed by atoms with Crippen LogP contribution in [0.25, 0.3) is 0 Å². The molecule has 7 heteroatoms. The van der Waals surface area contributed by atoms with E-state index < -0.39 is 6.10 Å². The van der Waals surface area contributed by atoms with Gasteiger partial charge in [0.2, 0.25) is 5.91 Å². The second-order valence-corrected chi connectivity index (χ2v) is 8.71. The van der Waals surface area contributed by atoms with Gasteiger partial charge in [-0.25, -0.2) is 0 Å². The summed E-state index contributed by atoms with van der Waals surface area (Å²) in [5.74, 6) is 1.29. The Labute approximate surface area is 188 Å². The lowest BCUT2D eigenvalue weighted by Gasteiger charge is -2.37. The monoisotopic (exact) mass is 444 g/mol. The van der Waals surface area contributed by atoms with E-state index in [-0.39, 0.29) is 24.2 Å². The molecule has 1 aliphatic carbocycles. The number of piperidine rings is 1. The van der Waals surface area contributed by atoms with Gasteiger partial charge in [0.15, 0.2) is 0 Å². The lowest BCUT2D eigenvalue weighted by Crippen LogP contribution is -2.49. The van der Waals surface area contributed by atoms with Crippen molar-refractivity contribution in [2.45, 2.75) is 57.0 Å². The van der Waals surface area contributed by atoms with Gasteiger partial charge in [-0.05, 0) is 62.1 Å². The first kappa shape index (κ1) is 21.9. The molecule has 3 atom stereocenters. The molecular weight excluding hydrogens is 416 g/mol. The molecule has 2 aromatic rings. The topological polar surface area (TPSA) is 71.0 Å². The van der Waals surface area contributed by atoms with Crippen LogP contribution < -0.4 is 14.8 Å². The van der Waals surface area contributed by atoms with Crippen molar-refractivity contribution in [3.63, 3.8) is 0 Å². The number of likely N-dealkylation sites (tertiary alicyclic amines) is 1. The van der Waals surface area contributed by atoms with Gasteiger partial charge >= 0.3 is 0 Å². The van der Waals surface area contributed by atoms with Gasteiger partial charge in [-0.2, -0.15) is 0 Å². The van der Waals surface area contributed by atoms with Crippen molar-refractivity contribution in [2.24, 2.45) is 0 Å². The third kappa shape index (κ3) is 5.50. The van der Waals surface area contributed by atoms with Crippen LogP contribution in [0.15, 0.2) is 48.5 Å². The van der Waals surface area contributed by atoms with E-state index in [1.165, 1.54) is 6.92 Å². The molecule has 6 nitrogen and oxygen atoms in total. The fourth-order valence-electron chi connectivity index (χ4n) is 4.51. The lowest BCUT2D eigenvalue weighted by molar-refractivity contribution is -0.114. The van der Waals surface area contributed by atoms with E-state index >= 15 is 0 Å². The largest absolute Gasteiger partial charge is 0.490 e. The molecule has 166 valence electrons. The fourth-order valence-corrected chi connectivity index (χ4v) is 4.63. The molecule has 2 fully saturated rings. The number of carbonyl (C=O) groups excluding carboxylic acids is 1. The van der Waals surface area contributed by atoms with Crippen LogP contribution >= 0.6 is 11.6 Å². The molecule has 0 bridgehead atoms.